The number of benzene rings is 1. The Labute approximate surface area is 94.5 Å². The lowest BCUT2D eigenvalue weighted by Crippen LogP contribution is -1.83. The molecule has 1 fully saturated rings. The van der Waals surface area contributed by atoms with E-state index in [4.69, 9.17) is 9.68 Å². The number of aryl methyl sites for hydroxylation is 1. The summed E-state index contributed by atoms with van der Waals surface area (Å²) in [5.74, 6) is 1.08. The lowest BCUT2D eigenvalue weighted by atomic mass is 10.0. The second-order valence-corrected chi connectivity index (χ2v) is 4.42. The van der Waals surface area contributed by atoms with Gasteiger partial charge in [-0.1, -0.05) is 13.0 Å². The summed E-state index contributed by atoms with van der Waals surface area (Å²) in [4.78, 5) is 0. The van der Waals surface area contributed by atoms with E-state index in [1.807, 2.05) is 6.07 Å². The predicted molar refractivity (Wildman–Crippen MR) is 62.3 cm³/mol. The summed E-state index contributed by atoms with van der Waals surface area (Å²) in [6, 6.07) is 8.41. The van der Waals surface area contributed by atoms with Gasteiger partial charge >= 0.3 is 0 Å². The topological polar surface area (TPSA) is 36.9 Å². The number of hydrogen-bond donors (Lipinski definition) is 0. The number of furan rings is 1. The summed E-state index contributed by atoms with van der Waals surface area (Å²) in [6.07, 6.45) is 3.41. The number of rotatable bonds is 2. The van der Waals surface area contributed by atoms with Gasteiger partial charge in [-0.2, -0.15) is 5.26 Å². The molecule has 0 aliphatic heterocycles. The Bertz CT molecular complexity index is 585. The fraction of sp³-hybridized carbons (Fsp3) is 0.357. The Morgan fingerprint density at radius 3 is 2.88 bits per heavy atom. The van der Waals surface area contributed by atoms with Crippen LogP contribution >= 0.6 is 0 Å². The number of hydrogen-bond acceptors (Lipinski definition) is 2. The van der Waals surface area contributed by atoms with Crippen molar-refractivity contribution in [3.05, 3.63) is 35.1 Å². The van der Waals surface area contributed by atoms with Gasteiger partial charge in [0.15, 0.2) is 0 Å². The van der Waals surface area contributed by atoms with Crippen molar-refractivity contribution in [3.63, 3.8) is 0 Å². The van der Waals surface area contributed by atoms with Crippen LogP contribution in [0.1, 0.15) is 42.6 Å². The molecular weight excluding hydrogens is 198 g/mol. The Morgan fingerprint density at radius 1 is 1.44 bits per heavy atom. The quantitative estimate of drug-likeness (QED) is 0.758. The molecule has 1 saturated carbocycles. The summed E-state index contributed by atoms with van der Waals surface area (Å²) in [5.41, 5.74) is 3.31. The van der Waals surface area contributed by atoms with Gasteiger partial charge in [0.2, 0.25) is 5.76 Å². The zero-order chi connectivity index (χ0) is 11.1. The van der Waals surface area contributed by atoms with Crippen LogP contribution in [0.25, 0.3) is 11.0 Å². The van der Waals surface area contributed by atoms with E-state index in [9.17, 15) is 0 Å². The highest BCUT2D eigenvalue weighted by atomic mass is 16.3. The molecule has 2 heteroatoms. The van der Waals surface area contributed by atoms with Crippen molar-refractivity contribution < 1.29 is 4.42 Å². The zero-order valence-electron chi connectivity index (χ0n) is 9.29. The van der Waals surface area contributed by atoms with Crippen LogP contribution in [-0.4, -0.2) is 0 Å². The van der Waals surface area contributed by atoms with Crippen LogP contribution in [0.15, 0.2) is 22.6 Å². The van der Waals surface area contributed by atoms with E-state index >= 15 is 0 Å². The van der Waals surface area contributed by atoms with Crippen LogP contribution in [0.5, 0.6) is 0 Å². The molecule has 0 saturated heterocycles. The molecule has 1 heterocycles. The van der Waals surface area contributed by atoms with Gasteiger partial charge in [-0.05, 0) is 42.9 Å². The van der Waals surface area contributed by atoms with Crippen LogP contribution in [0.4, 0.5) is 0 Å². The van der Waals surface area contributed by atoms with Gasteiger partial charge < -0.3 is 4.42 Å². The second-order valence-electron chi connectivity index (χ2n) is 4.42. The molecule has 1 aliphatic rings. The first-order chi connectivity index (χ1) is 7.83. The molecule has 2 aromatic rings. The highest BCUT2D eigenvalue weighted by Crippen LogP contribution is 2.46. The minimum Gasteiger partial charge on any atom is -0.445 e. The van der Waals surface area contributed by atoms with Crippen molar-refractivity contribution in [3.8, 4) is 6.07 Å². The average molecular weight is 211 g/mol. The van der Waals surface area contributed by atoms with Crippen molar-refractivity contribution in [1.82, 2.24) is 0 Å². The van der Waals surface area contributed by atoms with Gasteiger partial charge in [0.05, 0.1) is 0 Å². The molecule has 80 valence electrons. The second kappa shape index (κ2) is 3.38. The average Bonchev–Trinajstić information content (AvgIpc) is 3.09. The SMILES string of the molecule is CCc1ccc2oc(C#N)c(C3CC3)c2c1. The third kappa shape index (κ3) is 1.32. The maximum atomic E-state index is 9.08. The van der Waals surface area contributed by atoms with E-state index in [0.29, 0.717) is 11.7 Å². The first kappa shape index (κ1) is 9.47. The Balaban J connectivity index is 2.29. The maximum absolute atomic E-state index is 9.08. The van der Waals surface area contributed by atoms with Gasteiger partial charge in [0.25, 0.3) is 0 Å². The first-order valence-corrected chi connectivity index (χ1v) is 5.79. The molecule has 1 aromatic heterocycles. The van der Waals surface area contributed by atoms with Gasteiger partial charge in [-0.3, -0.25) is 0 Å². The minimum atomic E-state index is 0.519. The van der Waals surface area contributed by atoms with E-state index in [2.05, 4.69) is 25.1 Å². The fourth-order valence-corrected chi connectivity index (χ4v) is 2.24. The van der Waals surface area contributed by atoms with Crippen molar-refractivity contribution in [1.29, 1.82) is 5.26 Å². The highest BCUT2D eigenvalue weighted by Gasteiger charge is 2.30. The van der Waals surface area contributed by atoms with Gasteiger partial charge in [0, 0.05) is 10.9 Å². The molecule has 0 bridgehead atoms. The molecule has 3 rings (SSSR count). The van der Waals surface area contributed by atoms with Gasteiger partial charge in [-0.15, -0.1) is 0 Å². The largest absolute Gasteiger partial charge is 0.445 e. The molecule has 0 atom stereocenters. The van der Waals surface area contributed by atoms with E-state index in [0.717, 1.165) is 23.0 Å². The van der Waals surface area contributed by atoms with E-state index in [1.54, 1.807) is 0 Å². The molecule has 0 amide bonds. The molecule has 0 spiro atoms. The Morgan fingerprint density at radius 2 is 2.25 bits per heavy atom. The molecular formula is C14H13NO. The van der Waals surface area contributed by atoms with Gasteiger partial charge in [-0.25, -0.2) is 0 Å². The summed E-state index contributed by atoms with van der Waals surface area (Å²) < 4.78 is 5.59. The molecule has 0 radical (unpaired) electrons. The number of fused-ring (bicyclic) bond motifs is 1. The normalized spacial score (nSPS) is 15.2. The van der Waals surface area contributed by atoms with Crippen LogP contribution in [0.3, 0.4) is 0 Å². The molecule has 1 aliphatic carbocycles. The third-order valence-corrected chi connectivity index (χ3v) is 3.29. The monoisotopic (exact) mass is 211 g/mol. The Hall–Kier alpha value is -1.75. The number of nitrogens with zero attached hydrogens (tertiary/aromatic N) is 1. The lowest BCUT2D eigenvalue weighted by Gasteiger charge is -1.97. The van der Waals surface area contributed by atoms with Crippen molar-refractivity contribution in [2.75, 3.05) is 0 Å². The van der Waals surface area contributed by atoms with Crippen molar-refractivity contribution in [2.24, 2.45) is 0 Å². The van der Waals surface area contributed by atoms with E-state index in [1.165, 1.54) is 18.4 Å². The van der Waals surface area contributed by atoms with Gasteiger partial charge in [0.1, 0.15) is 11.7 Å². The van der Waals surface area contributed by atoms with Crippen LogP contribution in [0, 0.1) is 11.3 Å². The van der Waals surface area contributed by atoms with Crippen LogP contribution in [0.2, 0.25) is 0 Å². The minimum absolute atomic E-state index is 0.519. The number of nitriles is 1. The third-order valence-electron chi connectivity index (χ3n) is 3.29. The zero-order valence-corrected chi connectivity index (χ0v) is 9.29. The Kier molecular flexibility index (Phi) is 2.00. The van der Waals surface area contributed by atoms with Crippen molar-refractivity contribution >= 4 is 11.0 Å². The summed E-state index contributed by atoms with van der Waals surface area (Å²) in [5, 5.41) is 10.2. The summed E-state index contributed by atoms with van der Waals surface area (Å²) in [6.45, 7) is 2.14. The molecule has 0 unspecified atom stereocenters. The first-order valence-electron chi connectivity index (χ1n) is 5.79. The van der Waals surface area contributed by atoms with E-state index in [-0.39, 0.29) is 0 Å². The smallest absolute Gasteiger partial charge is 0.208 e. The summed E-state index contributed by atoms with van der Waals surface area (Å²) >= 11 is 0. The van der Waals surface area contributed by atoms with Crippen LogP contribution in [-0.2, 0) is 6.42 Å². The predicted octanol–water partition coefficient (Wildman–Crippen LogP) is 3.74. The highest BCUT2D eigenvalue weighted by molar-refractivity contribution is 5.85. The molecule has 2 nitrogen and oxygen atoms in total. The molecule has 16 heavy (non-hydrogen) atoms. The fourth-order valence-electron chi connectivity index (χ4n) is 2.24. The summed E-state index contributed by atoms with van der Waals surface area (Å²) in [7, 11) is 0. The van der Waals surface area contributed by atoms with Crippen LogP contribution < -0.4 is 0 Å². The molecule has 1 aromatic carbocycles. The standard InChI is InChI=1S/C14H13NO/c1-2-9-3-6-12-11(7-9)14(10-4-5-10)13(8-15)16-12/h3,6-7,10H,2,4-5H2,1H3. The van der Waals surface area contributed by atoms with E-state index < -0.39 is 0 Å². The van der Waals surface area contributed by atoms with Crippen molar-refractivity contribution in [2.45, 2.75) is 32.1 Å². The molecule has 0 N–H and O–H groups in total. The maximum Gasteiger partial charge on any atom is 0.208 e. The lowest BCUT2D eigenvalue weighted by molar-refractivity contribution is 0.593.